The summed E-state index contributed by atoms with van der Waals surface area (Å²) < 4.78 is 21.9. The van der Waals surface area contributed by atoms with Crippen LogP contribution in [-0.4, -0.2) is 62.1 Å². The van der Waals surface area contributed by atoms with Crippen LogP contribution >= 0.6 is 11.8 Å². The van der Waals surface area contributed by atoms with E-state index in [4.69, 9.17) is 18.9 Å². The summed E-state index contributed by atoms with van der Waals surface area (Å²) in [6.07, 6.45) is 10.6. The average Bonchev–Trinajstić information content (AvgIpc) is 3.72. The van der Waals surface area contributed by atoms with Crippen LogP contribution in [0.4, 0.5) is 0 Å². The van der Waals surface area contributed by atoms with Gasteiger partial charge in [0.15, 0.2) is 0 Å². The quantitative estimate of drug-likeness (QED) is 0.0988. The fraction of sp³-hybridized carbons (Fsp3) is 0.929. The number of hydrogen-bond donors (Lipinski definition) is 0. The van der Waals surface area contributed by atoms with Crippen molar-refractivity contribution in [2.24, 2.45) is 23.7 Å². The topological polar surface area (TPSA) is 77.7 Å². The summed E-state index contributed by atoms with van der Waals surface area (Å²) in [7, 11) is 0. The van der Waals surface area contributed by atoms with Crippen molar-refractivity contribution in [1.82, 2.24) is 0 Å². The van der Waals surface area contributed by atoms with Crippen LogP contribution in [0.2, 0.25) is 0 Å². The fourth-order valence-corrected chi connectivity index (χ4v) is 5.35. The zero-order valence-corrected chi connectivity index (χ0v) is 23.5. The minimum absolute atomic E-state index is 0.122. The number of hydrogen-bond acceptors (Lipinski definition) is 7. The number of esters is 2. The summed E-state index contributed by atoms with van der Waals surface area (Å²) >= 11 is 1.65. The van der Waals surface area contributed by atoms with Gasteiger partial charge in [0.05, 0.1) is 50.5 Å². The van der Waals surface area contributed by atoms with Crippen molar-refractivity contribution < 1.29 is 28.5 Å². The number of unbranched alkanes of at least 4 members (excludes halogenated alkanes) is 4. The van der Waals surface area contributed by atoms with Crippen LogP contribution in [-0.2, 0) is 28.5 Å². The largest absolute Gasteiger partial charge is 0.465 e. The lowest BCUT2D eigenvalue weighted by atomic mass is 10.1. The van der Waals surface area contributed by atoms with Gasteiger partial charge >= 0.3 is 11.9 Å². The smallest absolute Gasteiger partial charge is 0.309 e. The lowest BCUT2D eigenvalue weighted by Crippen LogP contribution is -2.25. The maximum atomic E-state index is 12.7. The highest BCUT2D eigenvalue weighted by Crippen LogP contribution is 2.28. The van der Waals surface area contributed by atoms with Crippen molar-refractivity contribution in [1.29, 1.82) is 0 Å². The number of rotatable bonds is 22. The highest BCUT2D eigenvalue weighted by Gasteiger charge is 2.34. The molecular weight excluding hydrogens is 464 g/mol. The Hall–Kier alpha value is -0.790. The van der Waals surface area contributed by atoms with Crippen LogP contribution in [0.5, 0.6) is 0 Å². The zero-order chi connectivity index (χ0) is 25.5. The van der Waals surface area contributed by atoms with E-state index in [0.29, 0.717) is 37.6 Å². The summed E-state index contributed by atoms with van der Waals surface area (Å²) in [5.41, 5.74) is 0. The van der Waals surface area contributed by atoms with Crippen molar-refractivity contribution in [3.05, 3.63) is 0 Å². The Kier molecular flexibility index (Phi) is 15.3. The van der Waals surface area contributed by atoms with Gasteiger partial charge in [0.25, 0.3) is 0 Å². The fourth-order valence-electron chi connectivity index (χ4n) is 4.10. The third-order valence-corrected chi connectivity index (χ3v) is 7.82. The van der Waals surface area contributed by atoms with E-state index in [1.165, 1.54) is 25.7 Å². The van der Waals surface area contributed by atoms with Crippen LogP contribution in [0, 0.1) is 23.7 Å². The Morgan fingerprint density at radius 2 is 1.11 bits per heavy atom. The second-order valence-electron chi connectivity index (χ2n) is 11.1. The predicted octanol–water partition coefficient (Wildman–Crippen LogP) is 6.05. The molecule has 204 valence electrons. The third-order valence-electron chi connectivity index (χ3n) is 6.54. The van der Waals surface area contributed by atoms with Gasteiger partial charge in [-0.1, -0.05) is 66.2 Å². The molecule has 2 aliphatic heterocycles. The van der Waals surface area contributed by atoms with E-state index in [1.54, 1.807) is 11.8 Å². The number of carbonyl (C=O) groups is 2. The van der Waals surface area contributed by atoms with Crippen LogP contribution in [0.3, 0.4) is 0 Å². The van der Waals surface area contributed by atoms with Gasteiger partial charge in [0, 0.05) is 11.5 Å². The van der Waals surface area contributed by atoms with Gasteiger partial charge in [-0.2, -0.15) is 11.8 Å². The summed E-state index contributed by atoms with van der Waals surface area (Å²) in [6, 6.07) is 0. The molecule has 6 nitrogen and oxygen atoms in total. The summed E-state index contributed by atoms with van der Waals surface area (Å²) in [5.74, 6) is 2.13. The Labute approximate surface area is 217 Å². The van der Waals surface area contributed by atoms with Gasteiger partial charge in [-0.05, 0) is 37.5 Å². The van der Waals surface area contributed by atoms with Gasteiger partial charge in [-0.15, -0.1) is 0 Å². The van der Waals surface area contributed by atoms with Gasteiger partial charge in [0.2, 0.25) is 0 Å². The van der Waals surface area contributed by atoms with E-state index in [2.05, 4.69) is 27.7 Å². The normalized spacial score (nSPS) is 20.6. The summed E-state index contributed by atoms with van der Waals surface area (Å²) in [5, 5.41) is 0. The van der Waals surface area contributed by atoms with Gasteiger partial charge in [-0.3, -0.25) is 9.59 Å². The molecule has 0 aliphatic carbocycles. The van der Waals surface area contributed by atoms with E-state index in [0.717, 1.165) is 50.7 Å². The average molecular weight is 515 g/mol. The minimum atomic E-state index is -0.182. The van der Waals surface area contributed by atoms with Crippen molar-refractivity contribution in [3.8, 4) is 0 Å². The van der Waals surface area contributed by atoms with E-state index >= 15 is 0 Å². The Bertz CT molecular complexity index is 538. The molecule has 4 unspecified atom stereocenters. The molecule has 0 amide bonds. The molecule has 2 heterocycles. The van der Waals surface area contributed by atoms with Crippen LogP contribution < -0.4 is 0 Å². The molecule has 0 bridgehead atoms. The highest BCUT2D eigenvalue weighted by molar-refractivity contribution is 7.99. The summed E-state index contributed by atoms with van der Waals surface area (Å²) in [4.78, 5) is 25.4. The first-order valence-electron chi connectivity index (χ1n) is 14.0. The number of thioether (sulfide) groups is 1. The molecule has 7 heteroatoms. The zero-order valence-electron chi connectivity index (χ0n) is 22.6. The van der Waals surface area contributed by atoms with Crippen LogP contribution in [0.1, 0.15) is 91.9 Å². The number of carbonyl (C=O) groups excluding carboxylic acids is 2. The van der Waals surface area contributed by atoms with E-state index in [1.807, 2.05) is 0 Å². The highest BCUT2D eigenvalue weighted by atomic mass is 32.2. The first-order chi connectivity index (χ1) is 16.8. The lowest BCUT2D eigenvalue weighted by molar-refractivity contribution is -0.148. The number of epoxide rings is 2. The standard InChI is InChI=1S/C28H50O6S/c1-21(2)11-7-5-9-13-31-27(29)23(15-25-17-33-25)19-35-20-24(16-26-18-34-26)28(30)32-14-10-6-8-12-22(3)4/h21-26H,5-20H2,1-4H3. The predicted molar refractivity (Wildman–Crippen MR) is 142 cm³/mol. The molecule has 0 aromatic heterocycles. The molecule has 2 aliphatic rings. The molecular formula is C28H50O6S. The molecule has 0 aromatic rings. The molecule has 0 N–H and O–H groups in total. The van der Waals surface area contributed by atoms with E-state index in [9.17, 15) is 9.59 Å². The number of ether oxygens (including phenoxy) is 4. The molecule has 0 radical (unpaired) electrons. The van der Waals surface area contributed by atoms with Gasteiger partial charge in [-0.25, -0.2) is 0 Å². The molecule has 2 rings (SSSR count). The SMILES string of the molecule is CC(C)CCCCCOC(=O)C(CSCC(CC1CO1)C(=O)OCCCCCC(C)C)CC1CO1. The molecule has 35 heavy (non-hydrogen) atoms. The molecule has 2 saturated heterocycles. The van der Waals surface area contributed by atoms with Crippen molar-refractivity contribution >= 4 is 23.7 Å². The second kappa shape index (κ2) is 17.6. The Balaban J connectivity index is 1.67. The lowest BCUT2D eigenvalue weighted by Gasteiger charge is -2.18. The van der Waals surface area contributed by atoms with Crippen molar-refractivity contribution in [2.45, 2.75) is 104 Å². The Morgan fingerprint density at radius 3 is 1.46 bits per heavy atom. The summed E-state index contributed by atoms with van der Waals surface area (Å²) in [6.45, 7) is 11.4. The van der Waals surface area contributed by atoms with Gasteiger partial charge in [0.1, 0.15) is 0 Å². The Morgan fingerprint density at radius 1 is 0.714 bits per heavy atom. The van der Waals surface area contributed by atoms with Crippen LogP contribution in [0.15, 0.2) is 0 Å². The second-order valence-corrected chi connectivity index (χ2v) is 12.2. The van der Waals surface area contributed by atoms with Crippen molar-refractivity contribution in [3.63, 3.8) is 0 Å². The van der Waals surface area contributed by atoms with Crippen molar-refractivity contribution in [2.75, 3.05) is 37.9 Å². The molecule has 0 saturated carbocycles. The first kappa shape index (κ1) is 30.4. The molecule has 0 spiro atoms. The van der Waals surface area contributed by atoms with Gasteiger partial charge < -0.3 is 18.9 Å². The third kappa shape index (κ3) is 15.8. The maximum Gasteiger partial charge on any atom is 0.309 e. The van der Waals surface area contributed by atoms with E-state index in [-0.39, 0.29) is 36.0 Å². The first-order valence-corrected chi connectivity index (χ1v) is 15.1. The molecule has 0 aromatic carbocycles. The molecule has 2 fully saturated rings. The monoisotopic (exact) mass is 514 g/mol. The van der Waals surface area contributed by atoms with Crippen LogP contribution in [0.25, 0.3) is 0 Å². The van der Waals surface area contributed by atoms with E-state index < -0.39 is 0 Å². The maximum absolute atomic E-state index is 12.7. The minimum Gasteiger partial charge on any atom is -0.465 e. The molecule has 4 atom stereocenters.